The lowest BCUT2D eigenvalue weighted by molar-refractivity contribution is 0.337. The van der Waals surface area contributed by atoms with Crippen LogP contribution in [0.2, 0.25) is 0 Å². The summed E-state index contributed by atoms with van der Waals surface area (Å²) in [7, 11) is -9.87. The van der Waals surface area contributed by atoms with Crippen LogP contribution in [0, 0.1) is 6.92 Å². The van der Waals surface area contributed by atoms with Crippen molar-refractivity contribution in [3.8, 4) is 0 Å². The summed E-state index contributed by atoms with van der Waals surface area (Å²) in [6, 6.07) is 1.71. The maximum Gasteiger partial charge on any atom is 0.341 e. The molecule has 1 heterocycles. The van der Waals surface area contributed by atoms with E-state index in [4.69, 9.17) is 19.6 Å². The molecule has 0 unspecified atom stereocenters. The van der Waals surface area contributed by atoms with Gasteiger partial charge in [0.1, 0.15) is 0 Å². The van der Waals surface area contributed by atoms with Crippen LogP contribution in [0.5, 0.6) is 0 Å². The third-order valence-corrected chi connectivity index (χ3v) is 6.58. The number of rotatable bonds is 5. The van der Waals surface area contributed by atoms with Gasteiger partial charge >= 0.3 is 15.2 Å². The van der Waals surface area contributed by atoms with Gasteiger partial charge in [0.2, 0.25) is 0 Å². The van der Waals surface area contributed by atoms with Crippen molar-refractivity contribution in [1.82, 2.24) is 4.98 Å². The summed E-state index contributed by atoms with van der Waals surface area (Å²) in [6.07, 6.45) is 0.976. The zero-order valence-electron chi connectivity index (χ0n) is 10.0. The lowest BCUT2D eigenvalue weighted by atomic mass is 10.1. The van der Waals surface area contributed by atoms with Crippen molar-refractivity contribution in [3.05, 3.63) is 29.1 Å². The molecule has 0 radical (unpaired) electrons. The van der Waals surface area contributed by atoms with Crippen molar-refractivity contribution in [2.24, 2.45) is 0 Å². The van der Waals surface area contributed by atoms with Crippen LogP contribution in [0.1, 0.15) is 16.8 Å². The van der Waals surface area contributed by atoms with E-state index < -0.39 is 27.0 Å². The van der Waals surface area contributed by atoms with Crippen LogP contribution in [-0.2, 0) is 21.3 Å². The minimum Gasteiger partial charge on any atom is -0.324 e. The monoisotopic (exact) mass is 327 g/mol. The van der Waals surface area contributed by atoms with Gasteiger partial charge in [-0.15, -0.1) is 0 Å². The van der Waals surface area contributed by atoms with E-state index in [0.717, 1.165) is 5.56 Å². The number of pyridine rings is 1. The first-order valence-corrected chi connectivity index (χ1v) is 9.21. The highest BCUT2D eigenvalue weighted by molar-refractivity contribution is 7.79. The SMILES string of the molecule is Cc1cnc(CC(P(=O)(O)O)P(=O)(O)O)c(CS)c1. The summed E-state index contributed by atoms with van der Waals surface area (Å²) in [5.74, 6) is 0.263. The highest BCUT2D eigenvalue weighted by Gasteiger charge is 2.43. The molecule has 1 rings (SSSR count). The zero-order valence-corrected chi connectivity index (χ0v) is 12.7. The Balaban J connectivity index is 3.18. The molecular weight excluding hydrogens is 312 g/mol. The zero-order chi connectivity index (χ0) is 14.8. The second-order valence-corrected chi connectivity index (χ2v) is 8.47. The Bertz CT molecular complexity index is 532. The number of thiol groups is 1. The van der Waals surface area contributed by atoms with E-state index in [1.807, 2.05) is 0 Å². The summed E-state index contributed by atoms with van der Waals surface area (Å²) in [4.78, 5) is 40.2. The van der Waals surface area contributed by atoms with E-state index in [9.17, 15) is 9.13 Å². The second kappa shape index (κ2) is 6.06. The Labute approximate surface area is 115 Å². The minimum absolute atomic E-state index is 0.234. The van der Waals surface area contributed by atoms with Crippen molar-refractivity contribution >= 4 is 27.8 Å². The van der Waals surface area contributed by atoms with Gasteiger partial charge in [-0.2, -0.15) is 12.6 Å². The Kier molecular flexibility index (Phi) is 5.37. The quantitative estimate of drug-likeness (QED) is 0.404. The van der Waals surface area contributed by atoms with Crippen LogP contribution < -0.4 is 0 Å². The Morgan fingerprint density at radius 2 is 1.79 bits per heavy atom. The third kappa shape index (κ3) is 4.68. The number of aromatic nitrogens is 1. The normalized spacial score (nSPS) is 13.0. The van der Waals surface area contributed by atoms with Gasteiger partial charge in [-0.3, -0.25) is 14.1 Å². The van der Waals surface area contributed by atoms with Crippen LogP contribution in [-0.4, -0.2) is 30.0 Å². The van der Waals surface area contributed by atoms with Crippen LogP contribution >= 0.6 is 27.8 Å². The van der Waals surface area contributed by atoms with Crippen LogP contribution in [0.25, 0.3) is 0 Å². The topological polar surface area (TPSA) is 128 Å². The van der Waals surface area contributed by atoms with E-state index >= 15 is 0 Å². The van der Waals surface area contributed by atoms with E-state index in [2.05, 4.69) is 17.6 Å². The maximum absolute atomic E-state index is 11.2. The van der Waals surface area contributed by atoms with Gasteiger partial charge in [-0.1, -0.05) is 6.07 Å². The van der Waals surface area contributed by atoms with Crippen LogP contribution in [0.3, 0.4) is 0 Å². The molecule has 0 amide bonds. The molecule has 1 aromatic rings. The maximum atomic E-state index is 11.2. The van der Waals surface area contributed by atoms with E-state index in [1.165, 1.54) is 6.20 Å². The average molecular weight is 327 g/mol. The van der Waals surface area contributed by atoms with Gasteiger partial charge in [-0.05, 0) is 18.1 Å². The van der Waals surface area contributed by atoms with Gasteiger partial charge in [0.05, 0.1) is 0 Å². The first-order valence-electron chi connectivity index (χ1n) is 5.21. The Morgan fingerprint density at radius 3 is 2.21 bits per heavy atom. The van der Waals surface area contributed by atoms with Gasteiger partial charge < -0.3 is 19.6 Å². The first kappa shape index (κ1) is 16.9. The van der Waals surface area contributed by atoms with E-state index in [-0.39, 0.29) is 11.4 Å². The van der Waals surface area contributed by atoms with Gasteiger partial charge in [0.25, 0.3) is 0 Å². The fourth-order valence-corrected chi connectivity index (χ4v) is 4.25. The Hall–Kier alpha value is -0.200. The predicted octanol–water partition coefficient (Wildman–Crippen LogP) is 1.04. The molecule has 0 aliphatic carbocycles. The Morgan fingerprint density at radius 1 is 1.26 bits per heavy atom. The lowest BCUT2D eigenvalue weighted by Crippen LogP contribution is -2.15. The van der Waals surface area contributed by atoms with Crippen LogP contribution in [0.4, 0.5) is 0 Å². The van der Waals surface area contributed by atoms with Crippen molar-refractivity contribution in [2.75, 3.05) is 0 Å². The fraction of sp³-hybridized carbons (Fsp3) is 0.444. The first-order chi connectivity index (χ1) is 8.55. The molecule has 1 aromatic heterocycles. The summed E-state index contributed by atoms with van der Waals surface area (Å²) < 4.78 is 22.4. The van der Waals surface area contributed by atoms with Crippen molar-refractivity contribution in [3.63, 3.8) is 0 Å². The molecule has 0 aliphatic rings. The highest BCUT2D eigenvalue weighted by Crippen LogP contribution is 2.60. The molecular formula is C9H15NO6P2S. The standard InChI is InChI=1S/C9H15NO6P2S/c1-6-2-7(5-19)8(10-4-6)3-9(17(11,12)13)18(14,15)16/h2,4,9,19H,3,5H2,1H3,(H2,11,12,13)(H2,14,15,16). The highest BCUT2D eigenvalue weighted by atomic mass is 32.1. The third-order valence-electron chi connectivity index (χ3n) is 2.52. The summed E-state index contributed by atoms with van der Waals surface area (Å²) in [5, 5.41) is -2.08. The van der Waals surface area contributed by atoms with E-state index in [1.54, 1.807) is 13.0 Å². The van der Waals surface area contributed by atoms with Crippen molar-refractivity contribution in [2.45, 2.75) is 24.5 Å². The molecule has 0 bridgehead atoms. The molecule has 0 fully saturated rings. The molecule has 0 spiro atoms. The predicted molar refractivity (Wildman–Crippen MR) is 73.2 cm³/mol. The molecule has 4 N–H and O–H groups in total. The number of hydrogen-bond donors (Lipinski definition) is 5. The largest absolute Gasteiger partial charge is 0.341 e. The number of aryl methyl sites for hydroxylation is 1. The van der Waals surface area contributed by atoms with E-state index in [0.29, 0.717) is 5.56 Å². The molecule has 108 valence electrons. The summed E-state index contributed by atoms with van der Waals surface area (Å²) >= 11 is 4.07. The minimum atomic E-state index is -4.93. The molecule has 0 saturated carbocycles. The summed E-state index contributed by atoms with van der Waals surface area (Å²) in [6.45, 7) is 1.78. The van der Waals surface area contributed by atoms with Crippen LogP contribution in [0.15, 0.2) is 12.3 Å². The van der Waals surface area contributed by atoms with Gasteiger partial charge in [0, 0.05) is 24.1 Å². The fourth-order valence-electron chi connectivity index (χ4n) is 1.59. The van der Waals surface area contributed by atoms with Crippen molar-refractivity contribution in [1.29, 1.82) is 0 Å². The van der Waals surface area contributed by atoms with Gasteiger partial charge in [-0.25, -0.2) is 0 Å². The second-order valence-electron chi connectivity index (χ2n) is 4.14. The molecule has 10 heteroatoms. The number of hydrogen-bond acceptors (Lipinski definition) is 4. The molecule has 19 heavy (non-hydrogen) atoms. The molecule has 7 nitrogen and oxygen atoms in total. The average Bonchev–Trinajstić information content (AvgIpc) is 2.23. The number of nitrogens with zero attached hydrogens (tertiary/aromatic N) is 1. The smallest absolute Gasteiger partial charge is 0.324 e. The molecule has 0 atom stereocenters. The lowest BCUT2D eigenvalue weighted by Gasteiger charge is -2.20. The molecule has 0 saturated heterocycles. The molecule has 0 aromatic carbocycles. The molecule has 0 aliphatic heterocycles. The van der Waals surface area contributed by atoms with Gasteiger partial charge in [0.15, 0.2) is 5.40 Å². The summed E-state index contributed by atoms with van der Waals surface area (Å²) in [5.41, 5.74) is 1.66. The van der Waals surface area contributed by atoms with Crippen molar-refractivity contribution < 1.29 is 28.7 Å².